The predicted molar refractivity (Wildman–Crippen MR) is 104 cm³/mol. The van der Waals surface area contributed by atoms with E-state index < -0.39 is 0 Å². The molecule has 3 nitrogen and oxygen atoms in total. The SMILES string of the molecule is CNc1cccc(CCCOC(C)=O)c1-c1ccc2ccccc2c1. The Hall–Kier alpha value is -2.81. The van der Waals surface area contributed by atoms with Crippen molar-refractivity contribution < 1.29 is 9.53 Å². The first-order chi connectivity index (χ1) is 12.2. The Morgan fingerprint density at radius 1 is 1.00 bits per heavy atom. The molecule has 0 aliphatic carbocycles. The molecule has 0 aliphatic rings. The largest absolute Gasteiger partial charge is 0.466 e. The van der Waals surface area contributed by atoms with E-state index in [1.807, 2.05) is 7.05 Å². The van der Waals surface area contributed by atoms with Crippen LogP contribution in [0.25, 0.3) is 21.9 Å². The summed E-state index contributed by atoms with van der Waals surface area (Å²) in [7, 11) is 1.95. The average molecular weight is 333 g/mol. The first-order valence-corrected chi connectivity index (χ1v) is 8.61. The molecule has 0 aromatic heterocycles. The van der Waals surface area contributed by atoms with E-state index >= 15 is 0 Å². The van der Waals surface area contributed by atoms with Gasteiger partial charge in [-0.2, -0.15) is 0 Å². The van der Waals surface area contributed by atoms with Crippen LogP contribution in [0.15, 0.2) is 60.7 Å². The molecule has 0 saturated heterocycles. The van der Waals surface area contributed by atoms with E-state index in [0.29, 0.717) is 6.61 Å². The topological polar surface area (TPSA) is 38.3 Å². The van der Waals surface area contributed by atoms with Gasteiger partial charge in [-0.25, -0.2) is 0 Å². The molecule has 1 N–H and O–H groups in total. The number of hydrogen-bond acceptors (Lipinski definition) is 3. The Balaban J connectivity index is 1.95. The van der Waals surface area contributed by atoms with Gasteiger partial charge >= 0.3 is 5.97 Å². The molecule has 128 valence electrons. The molecular formula is C22H23NO2. The maximum Gasteiger partial charge on any atom is 0.302 e. The Bertz CT molecular complexity index is 886. The van der Waals surface area contributed by atoms with Crippen molar-refractivity contribution in [2.24, 2.45) is 0 Å². The summed E-state index contributed by atoms with van der Waals surface area (Å²) < 4.78 is 5.07. The van der Waals surface area contributed by atoms with Crippen molar-refractivity contribution in [2.45, 2.75) is 19.8 Å². The lowest BCUT2D eigenvalue weighted by Crippen LogP contribution is -2.03. The van der Waals surface area contributed by atoms with Crippen LogP contribution in [0.1, 0.15) is 18.9 Å². The Morgan fingerprint density at radius 2 is 1.80 bits per heavy atom. The van der Waals surface area contributed by atoms with Crippen molar-refractivity contribution in [1.82, 2.24) is 0 Å². The molecule has 0 heterocycles. The minimum Gasteiger partial charge on any atom is -0.466 e. The van der Waals surface area contributed by atoms with Gasteiger partial charge in [0.1, 0.15) is 0 Å². The maximum absolute atomic E-state index is 10.9. The van der Waals surface area contributed by atoms with Gasteiger partial charge in [0.25, 0.3) is 0 Å². The summed E-state index contributed by atoms with van der Waals surface area (Å²) in [5, 5.41) is 5.78. The summed E-state index contributed by atoms with van der Waals surface area (Å²) in [4.78, 5) is 10.9. The molecule has 0 aliphatic heterocycles. The predicted octanol–water partition coefficient (Wildman–Crippen LogP) is 5.04. The zero-order valence-corrected chi connectivity index (χ0v) is 14.7. The molecule has 3 aromatic rings. The Kier molecular flexibility index (Phi) is 5.34. The number of aryl methyl sites for hydroxylation is 1. The summed E-state index contributed by atoms with van der Waals surface area (Å²) in [5.41, 5.74) is 4.79. The Labute approximate surface area is 148 Å². The second kappa shape index (κ2) is 7.84. The zero-order valence-electron chi connectivity index (χ0n) is 14.7. The lowest BCUT2D eigenvalue weighted by molar-refractivity contribution is -0.141. The summed E-state index contributed by atoms with van der Waals surface area (Å²) in [6, 6.07) is 21.3. The third-order valence-electron chi connectivity index (χ3n) is 4.35. The van der Waals surface area contributed by atoms with Gasteiger partial charge in [-0.05, 0) is 46.9 Å². The zero-order chi connectivity index (χ0) is 17.6. The van der Waals surface area contributed by atoms with Crippen LogP contribution in [0.3, 0.4) is 0 Å². The highest BCUT2D eigenvalue weighted by Crippen LogP contribution is 2.34. The van der Waals surface area contributed by atoms with Gasteiger partial charge in [0.2, 0.25) is 0 Å². The minimum absolute atomic E-state index is 0.223. The van der Waals surface area contributed by atoms with Crippen molar-refractivity contribution in [1.29, 1.82) is 0 Å². The fourth-order valence-corrected chi connectivity index (χ4v) is 3.18. The smallest absolute Gasteiger partial charge is 0.302 e. The molecule has 25 heavy (non-hydrogen) atoms. The van der Waals surface area contributed by atoms with Crippen LogP contribution in [-0.2, 0) is 16.0 Å². The summed E-state index contributed by atoms with van der Waals surface area (Å²) in [6.07, 6.45) is 1.68. The molecule has 0 atom stereocenters. The monoisotopic (exact) mass is 333 g/mol. The van der Waals surface area contributed by atoms with Crippen LogP contribution < -0.4 is 5.32 Å². The van der Waals surface area contributed by atoms with Gasteiger partial charge in [-0.15, -0.1) is 0 Å². The lowest BCUT2D eigenvalue weighted by atomic mass is 9.93. The minimum atomic E-state index is -0.223. The third-order valence-corrected chi connectivity index (χ3v) is 4.35. The number of carbonyl (C=O) groups is 1. The average Bonchev–Trinajstić information content (AvgIpc) is 2.64. The number of nitrogens with one attached hydrogen (secondary N) is 1. The number of benzene rings is 3. The molecule has 3 heteroatoms. The quantitative estimate of drug-likeness (QED) is 0.507. The first kappa shape index (κ1) is 17.0. The number of hydrogen-bond donors (Lipinski definition) is 1. The standard InChI is InChI=1S/C22H23NO2/c1-16(24)25-14-6-10-18-9-5-11-21(23-2)22(18)20-13-12-17-7-3-4-8-19(17)15-20/h3-5,7-9,11-13,15,23H,6,10,14H2,1-2H3. The lowest BCUT2D eigenvalue weighted by Gasteiger charge is -2.16. The van der Waals surface area contributed by atoms with Crippen molar-refractivity contribution in [3.63, 3.8) is 0 Å². The van der Waals surface area contributed by atoms with E-state index in [2.05, 4.69) is 66.0 Å². The van der Waals surface area contributed by atoms with E-state index in [1.54, 1.807) is 0 Å². The van der Waals surface area contributed by atoms with E-state index in [4.69, 9.17) is 4.74 Å². The fourth-order valence-electron chi connectivity index (χ4n) is 3.18. The second-order valence-corrected chi connectivity index (χ2v) is 6.10. The summed E-state index contributed by atoms with van der Waals surface area (Å²) >= 11 is 0. The van der Waals surface area contributed by atoms with Crippen LogP contribution in [0.5, 0.6) is 0 Å². The highest BCUT2D eigenvalue weighted by atomic mass is 16.5. The molecule has 3 rings (SSSR count). The van der Waals surface area contributed by atoms with E-state index in [-0.39, 0.29) is 5.97 Å². The molecule has 0 amide bonds. The normalized spacial score (nSPS) is 10.6. The third kappa shape index (κ3) is 4.00. The molecular weight excluding hydrogens is 310 g/mol. The molecule has 0 saturated carbocycles. The number of fused-ring (bicyclic) bond motifs is 1. The van der Waals surface area contributed by atoms with Crippen molar-refractivity contribution in [3.8, 4) is 11.1 Å². The van der Waals surface area contributed by atoms with Gasteiger partial charge < -0.3 is 10.1 Å². The van der Waals surface area contributed by atoms with E-state index in [1.165, 1.54) is 34.4 Å². The molecule has 0 bridgehead atoms. The number of rotatable bonds is 6. The highest BCUT2D eigenvalue weighted by Gasteiger charge is 2.11. The van der Waals surface area contributed by atoms with Crippen LogP contribution in [0.4, 0.5) is 5.69 Å². The number of anilines is 1. The van der Waals surface area contributed by atoms with Gasteiger partial charge in [-0.3, -0.25) is 4.79 Å². The fraction of sp³-hybridized carbons (Fsp3) is 0.227. The van der Waals surface area contributed by atoms with Crippen LogP contribution in [0, 0.1) is 0 Å². The first-order valence-electron chi connectivity index (χ1n) is 8.61. The van der Waals surface area contributed by atoms with Gasteiger partial charge in [0.05, 0.1) is 6.61 Å². The number of esters is 1. The van der Waals surface area contributed by atoms with Gasteiger partial charge in [0, 0.05) is 25.2 Å². The molecule has 0 radical (unpaired) electrons. The van der Waals surface area contributed by atoms with Gasteiger partial charge in [0.15, 0.2) is 0 Å². The van der Waals surface area contributed by atoms with E-state index in [0.717, 1.165) is 18.5 Å². The number of carbonyl (C=O) groups excluding carboxylic acids is 1. The molecule has 0 unspecified atom stereocenters. The van der Waals surface area contributed by atoms with E-state index in [9.17, 15) is 4.79 Å². The second-order valence-electron chi connectivity index (χ2n) is 6.10. The molecule has 0 fully saturated rings. The Morgan fingerprint density at radius 3 is 2.56 bits per heavy atom. The van der Waals surface area contributed by atoms with Crippen molar-refractivity contribution in [3.05, 3.63) is 66.2 Å². The van der Waals surface area contributed by atoms with Crippen LogP contribution >= 0.6 is 0 Å². The molecule has 3 aromatic carbocycles. The highest BCUT2D eigenvalue weighted by molar-refractivity contribution is 5.90. The molecule has 0 spiro atoms. The maximum atomic E-state index is 10.9. The summed E-state index contributed by atoms with van der Waals surface area (Å²) in [5.74, 6) is -0.223. The van der Waals surface area contributed by atoms with Crippen LogP contribution in [-0.4, -0.2) is 19.6 Å². The number of ether oxygens (including phenoxy) is 1. The van der Waals surface area contributed by atoms with Crippen LogP contribution in [0.2, 0.25) is 0 Å². The van der Waals surface area contributed by atoms with Crippen molar-refractivity contribution in [2.75, 3.05) is 19.0 Å². The van der Waals surface area contributed by atoms with Crippen molar-refractivity contribution >= 4 is 22.4 Å². The van der Waals surface area contributed by atoms with Gasteiger partial charge in [-0.1, -0.05) is 48.5 Å². The summed E-state index contributed by atoms with van der Waals surface area (Å²) in [6.45, 7) is 1.90.